The minimum absolute atomic E-state index is 0.316. The average Bonchev–Trinajstić information content (AvgIpc) is 2.79. The van der Waals surface area contributed by atoms with Crippen LogP contribution in [0.2, 0.25) is 0 Å². The number of carbonyl (C=O) groups excluding carboxylic acids is 1. The highest BCUT2D eigenvalue weighted by atomic mass is 35.5. The molecule has 0 fully saturated rings. The number of aromatic nitrogens is 1. The number of nitrogens with zero attached hydrogens (tertiary/aromatic N) is 2. The first-order chi connectivity index (χ1) is 14.4. The molecule has 1 atom stereocenters. The number of alkyl halides is 2. The molecule has 0 spiro atoms. The Hall–Kier alpha value is -3.16. The number of nitrogens with one attached hydrogen (secondary N) is 1. The third-order valence-corrected chi connectivity index (χ3v) is 5.70. The Bertz CT molecular complexity index is 1090. The molecule has 0 aliphatic carbocycles. The summed E-state index contributed by atoms with van der Waals surface area (Å²) in [4.78, 5) is 15.9. The number of anilines is 3. The van der Waals surface area contributed by atoms with Crippen molar-refractivity contribution in [3.63, 3.8) is 0 Å². The average molecular weight is 427 g/mol. The number of benzene rings is 2. The standard InChI is InChI=1S/C22H20ClFN4O2/c1-2-22(23,13-24)15-6-8-16(9-7-15)27-21(29)14-5-10-18-17(12-14)28(25)20-19(30-18)4-3-11-26-20/h3-12H,2,13,25H2,1H3,(H,27,29). The third kappa shape index (κ3) is 3.58. The fourth-order valence-electron chi connectivity index (χ4n) is 3.24. The number of hydrogen-bond donors (Lipinski definition) is 2. The second-order valence-electron chi connectivity index (χ2n) is 6.96. The van der Waals surface area contributed by atoms with Gasteiger partial charge >= 0.3 is 0 Å². The van der Waals surface area contributed by atoms with Crippen LogP contribution in [-0.2, 0) is 4.87 Å². The quantitative estimate of drug-likeness (QED) is 0.429. The van der Waals surface area contributed by atoms with Gasteiger partial charge in [0.15, 0.2) is 17.3 Å². The summed E-state index contributed by atoms with van der Waals surface area (Å²) in [5.74, 6) is 7.40. The van der Waals surface area contributed by atoms with Gasteiger partial charge in [-0.25, -0.2) is 15.2 Å². The van der Waals surface area contributed by atoms with Crippen LogP contribution in [0.3, 0.4) is 0 Å². The molecule has 1 aromatic heterocycles. The molecule has 30 heavy (non-hydrogen) atoms. The van der Waals surface area contributed by atoms with E-state index in [2.05, 4.69) is 10.3 Å². The van der Waals surface area contributed by atoms with E-state index in [9.17, 15) is 9.18 Å². The van der Waals surface area contributed by atoms with Gasteiger partial charge in [0.05, 0.1) is 4.87 Å². The fraction of sp³-hybridized carbons (Fsp3) is 0.182. The first-order valence-corrected chi connectivity index (χ1v) is 9.81. The van der Waals surface area contributed by atoms with Gasteiger partial charge in [0, 0.05) is 17.4 Å². The van der Waals surface area contributed by atoms with Crippen molar-refractivity contribution in [2.24, 2.45) is 5.84 Å². The lowest BCUT2D eigenvalue weighted by Crippen LogP contribution is -2.29. The molecule has 1 aliphatic heterocycles. The Morgan fingerprint density at radius 2 is 2.00 bits per heavy atom. The number of ether oxygens (including phenoxy) is 1. The van der Waals surface area contributed by atoms with Gasteiger partial charge in [0.2, 0.25) is 0 Å². The molecule has 0 saturated carbocycles. The van der Waals surface area contributed by atoms with Gasteiger partial charge < -0.3 is 10.1 Å². The first-order valence-electron chi connectivity index (χ1n) is 9.43. The Morgan fingerprint density at radius 3 is 2.70 bits per heavy atom. The van der Waals surface area contributed by atoms with Crippen LogP contribution in [0.15, 0.2) is 60.8 Å². The van der Waals surface area contributed by atoms with Crippen molar-refractivity contribution in [1.82, 2.24) is 4.98 Å². The number of fused-ring (bicyclic) bond motifs is 2. The van der Waals surface area contributed by atoms with Gasteiger partial charge in [0.25, 0.3) is 5.91 Å². The summed E-state index contributed by atoms with van der Waals surface area (Å²) in [5, 5.41) is 4.21. The summed E-state index contributed by atoms with van der Waals surface area (Å²) >= 11 is 6.31. The maximum Gasteiger partial charge on any atom is 0.255 e. The van der Waals surface area contributed by atoms with Gasteiger partial charge in [-0.15, -0.1) is 11.6 Å². The van der Waals surface area contributed by atoms with Gasteiger partial charge in [-0.1, -0.05) is 19.1 Å². The van der Waals surface area contributed by atoms with E-state index in [0.717, 1.165) is 0 Å². The molecule has 0 radical (unpaired) electrons. The fourth-order valence-corrected chi connectivity index (χ4v) is 3.37. The summed E-state index contributed by atoms with van der Waals surface area (Å²) in [6.07, 6.45) is 2.08. The van der Waals surface area contributed by atoms with Crippen LogP contribution in [0, 0.1) is 0 Å². The number of amides is 1. The van der Waals surface area contributed by atoms with Crippen LogP contribution in [0.5, 0.6) is 11.5 Å². The van der Waals surface area contributed by atoms with E-state index in [1.807, 2.05) is 6.92 Å². The minimum atomic E-state index is -1.05. The number of hydrogen-bond acceptors (Lipinski definition) is 5. The molecule has 4 rings (SSSR count). The van der Waals surface area contributed by atoms with Crippen LogP contribution in [-0.4, -0.2) is 17.6 Å². The first kappa shape index (κ1) is 20.1. The summed E-state index contributed by atoms with van der Waals surface area (Å²) in [6, 6.07) is 15.3. The van der Waals surface area contributed by atoms with Gasteiger partial charge in [0.1, 0.15) is 12.4 Å². The normalized spacial score (nSPS) is 14.2. The second kappa shape index (κ2) is 7.93. The molecule has 3 N–H and O–H groups in total. The Kier molecular flexibility index (Phi) is 5.32. The lowest BCUT2D eigenvalue weighted by atomic mass is 9.96. The molecular formula is C22H20ClFN4O2. The zero-order valence-corrected chi connectivity index (χ0v) is 17.0. The highest BCUT2D eigenvalue weighted by Crippen LogP contribution is 2.43. The van der Waals surface area contributed by atoms with Gasteiger partial charge in [-0.2, -0.15) is 0 Å². The molecule has 8 heteroatoms. The van der Waals surface area contributed by atoms with Crippen LogP contribution < -0.4 is 20.9 Å². The molecule has 2 heterocycles. The summed E-state index contributed by atoms with van der Waals surface area (Å²) in [5.41, 5.74) is 2.17. The number of hydrazine groups is 1. The SMILES string of the molecule is CCC(Cl)(CF)c1ccc(NC(=O)c2ccc3c(c2)N(N)c2ncccc2O3)cc1. The summed E-state index contributed by atoms with van der Waals surface area (Å²) in [7, 11) is 0. The van der Waals surface area contributed by atoms with E-state index >= 15 is 0 Å². The topological polar surface area (TPSA) is 80.5 Å². The Balaban J connectivity index is 1.54. The zero-order chi connectivity index (χ0) is 21.3. The van der Waals surface area contributed by atoms with Crippen molar-refractivity contribution in [2.45, 2.75) is 18.2 Å². The number of pyridine rings is 1. The number of rotatable bonds is 5. The second-order valence-corrected chi connectivity index (χ2v) is 7.69. The van der Waals surface area contributed by atoms with Crippen molar-refractivity contribution in [3.8, 4) is 11.5 Å². The predicted octanol–water partition coefficient (Wildman–Crippen LogP) is 5.27. The monoisotopic (exact) mass is 426 g/mol. The van der Waals surface area contributed by atoms with E-state index in [0.29, 0.717) is 46.2 Å². The van der Waals surface area contributed by atoms with Crippen LogP contribution >= 0.6 is 11.6 Å². The Morgan fingerprint density at radius 1 is 1.23 bits per heavy atom. The van der Waals surface area contributed by atoms with Gasteiger partial charge in [-0.05, 0) is 54.4 Å². The van der Waals surface area contributed by atoms with Crippen molar-refractivity contribution >= 4 is 34.7 Å². The van der Waals surface area contributed by atoms with Crippen molar-refractivity contribution < 1.29 is 13.9 Å². The lowest BCUT2D eigenvalue weighted by molar-refractivity contribution is 0.102. The Labute approximate surface area is 178 Å². The molecule has 2 aromatic carbocycles. The van der Waals surface area contributed by atoms with Crippen molar-refractivity contribution in [1.29, 1.82) is 0 Å². The summed E-state index contributed by atoms with van der Waals surface area (Å²) in [6.45, 7) is 1.16. The number of carbonyl (C=O) groups is 1. The molecule has 0 bridgehead atoms. The maximum absolute atomic E-state index is 13.3. The summed E-state index contributed by atoms with van der Waals surface area (Å²) < 4.78 is 19.1. The molecule has 1 unspecified atom stereocenters. The molecule has 1 aliphatic rings. The molecular weight excluding hydrogens is 407 g/mol. The maximum atomic E-state index is 13.3. The van der Waals surface area contributed by atoms with E-state index in [1.54, 1.807) is 60.8 Å². The highest BCUT2D eigenvalue weighted by Gasteiger charge is 2.28. The molecule has 3 aromatic rings. The zero-order valence-electron chi connectivity index (χ0n) is 16.2. The largest absolute Gasteiger partial charge is 0.451 e. The van der Waals surface area contributed by atoms with Gasteiger partial charge in [-0.3, -0.25) is 9.80 Å². The highest BCUT2D eigenvalue weighted by molar-refractivity contribution is 6.24. The number of halogens is 2. The molecule has 154 valence electrons. The molecule has 6 nitrogen and oxygen atoms in total. The lowest BCUT2D eigenvalue weighted by Gasteiger charge is -2.27. The smallest absolute Gasteiger partial charge is 0.255 e. The van der Waals surface area contributed by atoms with Crippen LogP contribution in [0.25, 0.3) is 0 Å². The van der Waals surface area contributed by atoms with E-state index in [-0.39, 0.29) is 5.91 Å². The predicted molar refractivity (Wildman–Crippen MR) is 115 cm³/mol. The van der Waals surface area contributed by atoms with Crippen LogP contribution in [0.4, 0.5) is 21.6 Å². The van der Waals surface area contributed by atoms with Crippen molar-refractivity contribution in [3.05, 3.63) is 71.9 Å². The minimum Gasteiger partial charge on any atom is -0.451 e. The van der Waals surface area contributed by atoms with E-state index in [1.165, 1.54) is 5.01 Å². The third-order valence-electron chi connectivity index (χ3n) is 5.11. The van der Waals surface area contributed by atoms with Crippen LogP contribution in [0.1, 0.15) is 29.3 Å². The number of nitrogens with two attached hydrogens (primary N) is 1. The van der Waals surface area contributed by atoms with E-state index in [4.69, 9.17) is 22.2 Å². The van der Waals surface area contributed by atoms with Crippen molar-refractivity contribution in [2.75, 3.05) is 17.0 Å². The molecule has 1 amide bonds. The van der Waals surface area contributed by atoms with E-state index < -0.39 is 11.5 Å². The molecule has 0 saturated heterocycles.